The second-order valence-corrected chi connectivity index (χ2v) is 4.28. The molecule has 2 heterocycles. The number of pyridine rings is 1. The van der Waals surface area contributed by atoms with Gasteiger partial charge in [-0.15, -0.1) is 0 Å². The number of aromatic nitrogens is 3. The predicted octanol–water partition coefficient (Wildman–Crippen LogP) is 1.90. The highest BCUT2D eigenvalue weighted by Gasteiger charge is 2.22. The van der Waals surface area contributed by atoms with Crippen molar-refractivity contribution < 1.29 is 9.53 Å². The van der Waals surface area contributed by atoms with Crippen molar-refractivity contribution in [1.29, 1.82) is 0 Å². The van der Waals surface area contributed by atoms with Gasteiger partial charge in [-0.3, -0.25) is 9.55 Å². The van der Waals surface area contributed by atoms with E-state index in [-0.39, 0.29) is 11.5 Å². The van der Waals surface area contributed by atoms with Gasteiger partial charge in [0.05, 0.1) is 18.0 Å². The normalized spacial score (nSPS) is 10.6. The van der Waals surface area contributed by atoms with Gasteiger partial charge < -0.3 is 10.5 Å². The van der Waals surface area contributed by atoms with E-state index in [1.807, 2.05) is 26.0 Å². The number of nitrogen functional groups attached to an aromatic ring is 1. The molecule has 6 nitrogen and oxygen atoms in total. The first kappa shape index (κ1) is 14.0. The summed E-state index contributed by atoms with van der Waals surface area (Å²) in [5.41, 5.74) is 7.89. The highest BCUT2D eigenvalue weighted by atomic mass is 16.5. The molecular weight excluding hydrogens is 256 g/mol. The Kier molecular flexibility index (Phi) is 4.02. The van der Waals surface area contributed by atoms with E-state index < -0.39 is 5.97 Å². The maximum absolute atomic E-state index is 11.9. The number of anilines is 1. The minimum absolute atomic E-state index is 0.159. The minimum atomic E-state index is -0.500. The fraction of sp³-hybridized carbons (Fsp3) is 0.357. The van der Waals surface area contributed by atoms with E-state index in [9.17, 15) is 4.79 Å². The molecule has 6 heteroatoms. The molecule has 2 rings (SSSR count). The van der Waals surface area contributed by atoms with E-state index in [0.29, 0.717) is 18.9 Å². The van der Waals surface area contributed by atoms with Crippen LogP contribution in [0, 0.1) is 6.92 Å². The van der Waals surface area contributed by atoms with E-state index >= 15 is 0 Å². The molecule has 0 fully saturated rings. The van der Waals surface area contributed by atoms with Gasteiger partial charge in [0.1, 0.15) is 11.6 Å². The Hall–Kier alpha value is -2.37. The van der Waals surface area contributed by atoms with Gasteiger partial charge in [0, 0.05) is 12.6 Å². The summed E-state index contributed by atoms with van der Waals surface area (Å²) in [4.78, 5) is 20.4. The SMILES string of the molecule is CCOC(=O)c1nc(CC)n(-c2cccnc2C)c1N. The van der Waals surface area contributed by atoms with Crippen LogP contribution in [-0.4, -0.2) is 27.1 Å². The maximum atomic E-state index is 11.9. The Morgan fingerprint density at radius 2 is 2.20 bits per heavy atom. The molecule has 2 aromatic heterocycles. The fourth-order valence-electron chi connectivity index (χ4n) is 2.05. The van der Waals surface area contributed by atoms with Crippen LogP contribution in [0.1, 0.15) is 35.9 Å². The van der Waals surface area contributed by atoms with Crippen LogP contribution in [0.25, 0.3) is 5.69 Å². The summed E-state index contributed by atoms with van der Waals surface area (Å²) in [5, 5.41) is 0. The summed E-state index contributed by atoms with van der Waals surface area (Å²) in [5.74, 6) is 0.498. The largest absolute Gasteiger partial charge is 0.461 e. The van der Waals surface area contributed by atoms with Gasteiger partial charge in [-0.05, 0) is 26.0 Å². The number of nitrogens with two attached hydrogens (primary N) is 1. The zero-order valence-corrected chi connectivity index (χ0v) is 11.9. The Morgan fingerprint density at radius 1 is 1.45 bits per heavy atom. The van der Waals surface area contributed by atoms with Gasteiger partial charge in [0.15, 0.2) is 5.69 Å². The summed E-state index contributed by atoms with van der Waals surface area (Å²) < 4.78 is 6.74. The van der Waals surface area contributed by atoms with Gasteiger partial charge >= 0.3 is 5.97 Å². The number of nitrogens with zero attached hydrogens (tertiary/aromatic N) is 3. The first-order valence-electron chi connectivity index (χ1n) is 6.56. The number of hydrogen-bond donors (Lipinski definition) is 1. The number of imidazole rings is 1. The molecule has 0 saturated heterocycles. The molecule has 2 aromatic rings. The van der Waals surface area contributed by atoms with Crippen molar-refractivity contribution in [2.45, 2.75) is 27.2 Å². The highest BCUT2D eigenvalue weighted by molar-refractivity contribution is 5.92. The lowest BCUT2D eigenvalue weighted by atomic mass is 10.3. The number of ether oxygens (including phenoxy) is 1. The summed E-state index contributed by atoms with van der Waals surface area (Å²) in [6.45, 7) is 5.88. The molecule has 0 aromatic carbocycles. The van der Waals surface area contributed by atoms with Gasteiger partial charge in [-0.1, -0.05) is 6.92 Å². The van der Waals surface area contributed by atoms with Crippen molar-refractivity contribution in [2.24, 2.45) is 0 Å². The number of rotatable bonds is 4. The summed E-state index contributed by atoms with van der Waals surface area (Å²) in [6.07, 6.45) is 2.36. The zero-order chi connectivity index (χ0) is 14.7. The van der Waals surface area contributed by atoms with Crippen molar-refractivity contribution in [3.63, 3.8) is 0 Å². The Balaban J connectivity index is 2.59. The third-order valence-electron chi connectivity index (χ3n) is 2.99. The smallest absolute Gasteiger partial charge is 0.360 e. The molecule has 0 atom stereocenters. The Labute approximate surface area is 117 Å². The van der Waals surface area contributed by atoms with Crippen LogP contribution in [0.15, 0.2) is 18.3 Å². The molecule has 0 radical (unpaired) electrons. The summed E-state index contributed by atoms with van der Waals surface area (Å²) in [7, 11) is 0. The van der Waals surface area contributed by atoms with Crippen LogP contribution in [0.2, 0.25) is 0 Å². The quantitative estimate of drug-likeness (QED) is 0.861. The molecule has 0 aliphatic rings. The third kappa shape index (κ3) is 2.36. The van der Waals surface area contributed by atoms with Crippen LogP contribution in [0.5, 0.6) is 0 Å². The molecule has 0 unspecified atom stereocenters. The van der Waals surface area contributed by atoms with E-state index in [2.05, 4.69) is 9.97 Å². The molecule has 20 heavy (non-hydrogen) atoms. The number of carbonyl (C=O) groups is 1. The molecule has 0 aliphatic heterocycles. The second kappa shape index (κ2) is 5.73. The zero-order valence-electron chi connectivity index (χ0n) is 11.9. The van der Waals surface area contributed by atoms with E-state index in [1.165, 1.54) is 0 Å². The monoisotopic (exact) mass is 274 g/mol. The Bertz CT molecular complexity index is 634. The molecule has 0 aliphatic carbocycles. The number of esters is 1. The molecule has 2 N–H and O–H groups in total. The van der Waals surface area contributed by atoms with Crippen LogP contribution in [0.4, 0.5) is 5.82 Å². The lowest BCUT2D eigenvalue weighted by Crippen LogP contribution is -2.10. The lowest BCUT2D eigenvalue weighted by Gasteiger charge is -2.10. The van der Waals surface area contributed by atoms with Gasteiger partial charge in [-0.2, -0.15) is 0 Å². The highest BCUT2D eigenvalue weighted by Crippen LogP contribution is 2.23. The molecule has 106 valence electrons. The van der Waals surface area contributed by atoms with E-state index in [4.69, 9.17) is 10.5 Å². The fourth-order valence-corrected chi connectivity index (χ4v) is 2.05. The van der Waals surface area contributed by atoms with Gasteiger partial charge in [0.25, 0.3) is 0 Å². The summed E-state index contributed by atoms with van der Waals surface area (Å²) in [6, 6.07) is 3.72. The van der Waals surface area contributed by atoms with Gasteiger partial charge in [0.2, 0.25) is 0 Å². The minimum Gasteiger partial charge on any atom is -0.461 e. The van der Waals surface area contributed by atoms with Crippen LogP contribution in [0.3, 0.4) is 0 Å². The van der Waals surface area contributed by atoms with Crippen molar-refractivity contribution in [3.8, 4) is 5.69 Å². The van der Waals surface area contributed by atoms with Crippen molar-refractivity contribution >= 4 is 11.8 Å². The molecular formula is C14H18N4O2. The van der Waals surface area contributed by atoms with Crippen LogP contribution in [-0.2, 0) is 11.2 Å². The Morgan fingerprint density at radius 3 is 2.80 bits per heavy atom. The van der Waals surface area contributed by atoms with Crippen LogP contribution < -0.4 is 5.73 Å². The van der Waals surface area contributed by atoms with Crippen LogP contribution >= 0.6 is 0 Å². The number of hydrogen-bond acceptors (Lipinski definition) is 5. The molecule has 0 saturated carbocycles. The van der Waals surface area contributed by atoms with Crippen molar-refractivity contribution in [3.05, 3.63) is 35.5 Å². The average Bonchev–Trinajstić information content (AvgIpc) is 2.77. The predicted molar refractivity (Wildman–Crippen MR) is 75.8 cm³/mol. The third-order valence-corrected chi connectivity index (χ3v) is 2.99. The van der Waals surface area contributed by atoms with Crippen molar-refractivity contribution in [1.82, 2.24) is 14.5 Å². The molecule has 0 amide bonds. The maximum Gasteiger partial charge on any atom is 0.360 e. The van der Waals surface area contributed by atoms with Crippen molar-refractivity contribution in [2.75, 3.05) is 12.3 Å². The standard InChI is InChI=1S/C14H18N4O2/c1-4-11-17-12(14(19)20-5-2)13(15)18(11)10-7-6-8-16-9(10)3/h6-8H,4-5,15H2,1-3H3. The van der Waals surface area contributed by atoms with E-state index in [0.717, 1.165) is 11.4 Å². The molecule has 0 bridgehead atoms. The first-order valence-corrected chi connectivity index (χ1v) is 6.56. The van der Waals surface area contributed by atoms with E-state index in [1.54, 1.807) is 17.7 Å². The van der Waals surface area contributed by atoms with Gasteiger partial charge in [-0.25, -0.2) is 9.78 Å². The average molecular weight is 274 g/mol. The molecule has 0 spiro atoms. The second-order valence-electron chi connectivity index (χ2n) is 4.28. The number of carbonyl (C=O) groups excluding carboxylic acids is 1. The topological polar surface area (TPSA) is 83.0 Å². The number of aryl methyl sites for hydroxylation is 2. The lowest BCUT2D eigenvalue weighted by molar-refractivity contribution is 0.0521. The summed E-state index contributed by atoms with van der Waals surface area (Å²) >= 11 is 0. The first-order chi connectivity index (χ1) is 9.60.